The minimum atomic E-state index is -0.184. The second-order valence-corrected chi connectivity index (χ2v) is 7.71. The Morgan fingerprint density at radius 3 is 2.44 bits per heavy atom. The molecule has 5 heteroatoms. The molecule has 0 amide bonds. The predicted molar refractivity (Wildman–Crippen MR) is 103 cm³/mol. The molecule has 0 aliphatic carbocycles. The van der Waals surface area contributed by atoms with E-state index in [1.54, 1.807) is 6.20 Å². The third-order valence-electron chi connectivity index (χ3n) is 4.04. The molecule has 0 fully saturated rings. The van der Waals surface area contributed by atoms with Gasteiger partial charge in [0.25, 0.3) is 0 Å². The number of hydrogen-bond acceptors (Lipinski definition) is 2. The van der Waals surface area contributed by atoms with Crippen molar-refractivity contribution in [1.29, 1.82) is 0 Å². The summed E-state index contributed by atoms with van der Waals surface area (Å²) in [5.74, 6) is 0.760. The summed E-state index contributed by atoms with van der Waals surface area (Å²) in [4.78, 5) is 4.13. The number of rotatable bonds is 8. The second kappa shape index (κ2) is 9.07. The second-order valence-electron chi connectivity index (χ2n) is 5.98. The molecule has 0 bridgehead atoms. The van der Waals surface area contributed by atoms with E-state index in [1.807, 2.05) is 48.6 Å². The van der Waals surface area contributed by atoms with Crippen molar-refractivity contribution < 1.29 is 4.39 Å². The highest BCUT2D eigenvalue weighted by Crippen LogP contribution is 2.24. The van der Waals surface area contributed by atoms with Gasteiger partial charge in [0.2, 0.25) is 0 Å². The first kappa shape index (κ1) is 18.0. The Labute approximate surface area is 157 Å². The van der Waals surface area contributed by atoms with Crippen molar-refractivity contribution >= 4 is 23.4 Å². The molecule has 0 saturated carbocycles. The lowest BCUT2D eigenvalue weighted by atomic mass is 10.1. The zero-order chi connectivity index (χ0) is 17.5. The maximum atomic E-state index is 13.1. The maximum absolute atomic E-state index is 13.1. The molecule has 130 valence electrons. The third-order valence-corrected chi connectivity index (χ3v) is 5.65. The number of aryl methyl sites for hydroxylation is 1. The van der Waals surface area contributed by atoms with E-state index in [2.05, 4.69) is 21.7 Å². The zero-order valence-electron chi connectivity index (χ0n) is 13.8. The summed E-state index contributed by atoms with van der Waals surface area (Å²) in [6.45, 7) is 0.916. The van der Waals surface area contributed by atoms with Crippen LogP contribution in [0.3, 0.4) is 0 Å². The van der Waals surface area contributed by atoms with Crippen molar-refractivity contribution in [3.05, 3.63) is 89.2 Å². The van der Waals surface area contributed by atoms with Crippen molar-refractivity contribution in [2.24, 2.45) is 0 Å². The summed E-state index contributed by atoms with van der Waals surface area (Å²) in [7, 11) is 0. The number of thioether (sulfide) groups is 1. The van der Waals surface area contributed by atoms with Crippen molar-refractivity contribution in [3.63, 3.8) is 0 Å². The Morgan fingerprint density at radius 1 is 1.04 bits per heavy atom. The lowest BCUT2D eigenvalue weighted by Crippen LogP contribution is -2.13. The number of nitrogens with zero attached hydrogens (tertiary/aromatic N) is 2. The van der Waals surface area contributed by atoms with Gasteiger partial charge in [-0.2, -0.15) is 11.8 Å². The van der Waals surface area contributed by atoms with E-state index in [0.29, 0.717) is 5.25 Å². The number of aromatic nitrogens is 2. The summed E-state index contributed by atoms with van der Waals surface area (Å²) >= 11 is 7.89. The molecular weight excluding hydrogens is 355 g/mol. The Morgan fingerprint density at radius 2 is 1.76 bits per heavy atom. The maximum Gasteiger partial charge on any atom is 0.123 e. The molecule has 0 aliphatic heterocycles. The molecule has 1 aromatic heterocycles. The van der Waals surface area contributed by atoms with Crippen LogP contribution in [0.2, 0.25) is 5.02 Å². The summed E-state index contributed by atoms with van der Waals surface area (Å²) in [6, 6.07) is 14.8. The van der Waals surface area contributed by atoms with Gasteiger partial charge in [0, 0.05) is 35.0 Å². The van der Waals surface area contributed by atoms with Crippen LogP contribution < -0.4 is 0 Å². The van der Waals surface area contributed by atoms with Crippen LogP contribution in [-0.2, 0) is 18.7 Å². The first-order valence-electron chi connectivity index (χ1n) is 8.25. The Hall–Kier alpha value is -1.78. The lowest BCUT2D eigenvalue weighted by molar-refractivity contribution is 0.617. The van der Waals surface area contributed by atoms with Crippen LogP contribution in [0.25, 0.3) is 0 Å². The molecule has 1 heterocycles. The molecule has 25 heavy (non-hydrogen) atoms. The Bertz CT molecular complexity index is 708. The molecular formula is C20H20ClFN2S. The van der Waals surface area contributed by atoms with Crippen molar-refractivity contribution in [3.8, 4) is 0 Å². The van der Waals surface area contributed by atoms with Gasteiger partial charge in [0.05, 0.1) is 6.33 Å². The molecule has 2 aromatic carbocycles. The highest BCUT2D eigenvalue weighted by molar-refractivity contribution is 7.99. The van der Waals surface area contributed by atoms with Crippen molar-refractivity contribution in [1.82, 2.24) is 9.55 Å². The van der Waals surface area contributed by atoms with Crippen LogP contribution in [0.15, 0.2) is 67.3 Å². The van der Waals surface area contributed by atoms with E-state index < -0.39 is 0 Å². The standard InChI is InChI=1S/C20H20ClFN2S/c21-18-6-1-17(2-7-18)14-25-20(13-24-12-11-23-15-24)10-5-16-3-8-19(22)9-4-16/h1-4,6-9,11-12,15,20H,5,10,13-14H2. The largest absolute Gasteiger partial charge is 0.336 e. The lowest BCUT2D eigenvalue weighted by Gasteiger charge is -2.17. The molecule has 3 aromatic rings. The fourth-order valence-corrected chi connectivity index (χ4v) is 3.94. The SMILES string of the molecule is Fc1ccc(CCC(Cn2ccnc2)SCc2ccc(Cl)cc2)cc1. The van der Waals surface area contributed by atoms with Crippen LogP contribution in [0.4, 0.5) is 4.39 Å². The zero-order valence-corrected chi connectivity index (χ0v) is 15.4. The highest BCUT2D eigenvalue weighted by Gasteiger charge is 2.11. The minimum Gasteiger partial charge on any atom is -0.336 e. The molecule has 0 N–H and O–H groups in total. The number of imidazole rings is 1. The van der Waals surface area contributed by atoms with Crippen LogP contribution in [0, 0.1) is 5.82 Å². The predicted octanol–water partition coefficient (Wildman–Crippen LogP) is 5.61. The van der Waals surface area contributed by atoms with Crippen LogP contribution in [0.5, 0.6) is 0 Å². The molecule has 1 unspecified atom stereocenters. The Balaban J connectivity index is 1.59. The Kier molecular flexibility index (Phi) is 6.54. The smallest absolute Gasteiger partial charge is 0.123 e. The van der Waals surface area contributed by atoms with Crippen LogP contribution >= 0.6 is 23.4 Å². The van der Waals surface area contributed by atoms with Gasteiger partial charge in [-0.15, -0.1) is 0 Å². The fraction of sp³-hybridized carbons (Fsp3) is 0.250. The molecule has 0 aliphatic rings. The van der Waals surface area contributed by atoms with Gasteiger partial charge in [-0.1, -0.05) is 35.9 Å². The fourth-order valence-electron chi connectivity index (χ4n) is 2.63. The number of halogens is 2. The van der Waals surface area contributed by atoms with E-state index in [1.165, 1.54) is 23.3 Å². The summed E-state index contributed by atoms with van der Waals surface area (Å²) in [6.07, 6.45) is 7.62. The first-order chi connectivity index (χ1) is 12.2. The highest BCUT2D eigenvalue weighted by atomic mass is 35.5. The monoisotopic (exact) mass is 374 g/mol. The van der Waals surface area contributed by atoms with Crippen LogP contribution in [0.1, 0.15) is 17.5 Å². The van der Waals surface area contributed by atoms with Crippen molar-refractivity contribution in [2.45, 2.75) is 30.4 Å². The summed E-state index contributed by atoms with van der Waals surface area (Å²) < 4.78 is 15.2. The number of benzene rings is 2. The molecule has 1 atom stereocenters. The van der Waals surface area contributed by atoms with Gasteiger partial charge in [0.15, 0.2) is 0 Å². The van der Waals surface area contributed by atoms with Gasteiger partial charge < -0.3 is 4.57 Å². The van der Waals surface area contributed by atoms with E-state index in [4.69, 9.17) is 11.6 Å². The third kappa shape index (κ3) is 5.91. The van der Waals surface area contributed by atoms with Gasteiger partial charge in [-0.3, -0.25) is 0 Å². The average Bonchev–Trinajstić information content (AvgIpc) is 3.13. The van der Waals surface area contributed by atoms with E-state index >= 15 is 0 Å². The topological polar surface area (TPSA) is 17.8 Å². The molecule has 2 nitrogen and oxygen atoms in total. The quantitative estimate of drug-likeness (QED) is 0.510. The van der Waals surface area contributed by atoms with Gasteiger partial charge >= 0.3 is 0 Å². The minimum absolute atomic E-state index is 0.184. The molecule has 0 spiro atoms. The first-order valence-corrected chi connectivity index (χ1v) is 9.68. The number of hydrogen-bond donors (Lipinski definition) is 0. The van der Waals surface area contributed by atoms with E-state index in [0.717, 1.165) is 30.2 Å². The van der Waals surface area contributed by atoms with Crippen molar-refractivity contribution in [2.75, 3.05) is 0 Å². The van der Waals surface area contributed by atoms with Crippen LogP contribution in [-0.4, -0.2) is 14.8 Å². The summed E-state index contributed by atoms with van der Waals surface area (Å²) in [5.41, 5.74) is 2.44. The average molecular weight is 375 g/mol. The molecule has 0 saturated heterocycles. The normalized spacial score (nSPS) is 12.2. The summed E-state index contributed by atoms with van der Waals surface area (Å²) in [5, 5.41) is 1.22. The van der Waals surface area contributed by atoms with E-state index in [-0.39, 0.29) is 5.82 Å². The van der Waals surface area contributed by atoms with Gasteiger partial charge in [0.1, 0.15) is 5.82 Å². The van der Waals surface area contributed by atoms with Gasteiger partial charge in [-0.05, 0) is 48.2 Å². The van der Waals surface area contributed by atoms with E-state index in [9.17, 15) is 4.39 Å². The molecule has 3 rings (SSSR count). The molecule has 0 radical (unpaired) electrons. The van der Waals surface area contributed by atoms with Gasteiger partial charge in [-0.25, -0.2) is 9.37 Å².